The van der Waals surface area contributed by atoms with Crippen molar-refractivity contribution in [1.29, 1.82) is 0 Å². The summed E-state index contributed by atoms with van der Waals surface area (Å²) in [4.78, 5) is 0. The third-order valence-corrected chi connectivity index (χ3v) is 2.22. The normalized spacial score (nSPS) is 28.4. The van der Waals surface area contributed by atoms with Crippen molar-refractivity contribution in [2.75, 3.05) is 32.8 Å². The second kappa shape index (κ2) is 3.49. The van der Waals surface area contributed by atoms with Crippen LogP contribution in [0.3, 0.4) is 0 Å². The van der Waals surface area contributed by atoms with E-state index in [9.17, 15) is 0 Å². The molecule has 2 fully saturated rings. The summed E-state index contributed by atoms with van der Waals surface area (Å²) in [5, 5.41) is 4.55. The van der Waals surface area contributed by atoms with Gasteiger partial charge < -0.3 is 0 Å². The first-order valence-corrected chi connectivity index (χ1v) is 4.42. The Morgan fingerprint density at radius 2 is 1.45 bits per heavy atom. The summed E-state index contributed by atoms with van der Waals surface area (Å²) in [5.41, 5.74) is 6.67. The second-order valence-corrected chi connectivity index (χ2v) is 3.19. The first-order chi connectivity index (χ1) is 5.45. The zero-order valence-electron chi connectivity index (χ0n) is 6.84. The lowest BCUT2D eigenvalue weighted by Gasteiger charge is -2.22. The van der Waals surface area contributed by atoms with Gasteiger partial charge in [-0.3, -0.25) is 10.9 Å². The lowest BCUT2D eigenvalue weighted by atomic mass is 10.5. The van der Waals surface area contributed by atoms with Gasteiger partial charge in [0.15, 0.2) is 0 Å². The minimum Gasteiger partial charge on any atom is -0.254 e. The molecule has 2 saturated heterocycles. The van der Waals surface area contributed by atoms with Crippen LogP contribution in [0.5, 0.6) is 0 Å². The molecule has 0 bridgehead atoms. The molecule has 2 rings (SSSR count). The van der Waals surface area contributed by atoms with E-state index in [1.807, 2.05) is 0 Å². The van der Waals surface area contributed by atoms with E-state index in [1.165, 1.54) is 25.9 Å². The minimum absolute atomic E-state index is 1.03. The molecule has 0 saturated carbocycles. The first-order valence-electron chi connectivity index (χ1n) is 4.42. The van der Waals surface area contributed by atoms with Crippen LogP contribution in [0.1, 0.15) is 12.8 Å². The standard InChI is InChI=1S/C7H16N4/c1-3-8-10(5-1)7-11-6-2-4-9-11/h8-9H,1-7H2. The Bertz CT molecular complexity index is 102. The molecule has 0 aromatic heterocycles. The molecule has 0 atom stereocenters. The molecule has 0 radical (unpaired) electrons. The van der Waals surface area contributed by atoms with Crippen molar-refractivity contribution in [2.24, 2.45) is 0 Å². The first kappa shape index (κ1) is 7.49. The van der Waals surface area contributed by atoms with Crippen molar-refractivity contribution in [3.63, 3.8) is 0 Å². The van der Waals surface area contributed by atoms with Gasteiger partial charge in [-0.1, -0.05) is 0 Å². The zero-order chi connectivity index (χ0) is 7.52. The van der Waals surface area contributed by atoms with Gasteiger partial charge in [-0.2, -0.15) is 0 Å². The van der Waals surface area contributed by atoms with Crippen LogP contribution in [-0.4, -0.2) is 42.9 Å². The summed E-state index contributed by atoms with van der Waals surface area (Å²) in [7, 11) is 0. The fraction of sp³-hybridized carbons (Fsp3) is 1.00. The molecule has 2 N–H and O–H groups in total. The summed E-state index contributed by atoms with van der Waals surface area (Å²) in [5.74, 6) is 0. The average Bonchev–Trinajstić information content (AvgIpc) is 2.60. The van der Waals surface area contributed by atoms with E-state index in [-0.39, 0.29) is 0 Å². The number of hydrogen-bond acceptors (Lipinski definition) is 4. The van der Waals surface area contributed by atoms with E-state index in [0.717, 1.165) is 19.8 Å². The predicted molar refractivity (Wildman–Crippen MR) is 43.5 cm³/mol. The third kappa shape index (κ3) is 1.90. The Morgan fingerprint density at radius 1 is 0.909 bits per heavy atom. The van der Waals surface area contributed by atoms with E-state index >= 15 is 0 Å². The topological polar surface area (TPSA) is 30.5 Å². The molecule has 0 aromatic rings. The Balaban J connectivity index is 1.71. The molecular weight excluding hydrogens is 140 g/mol. The molecule has 0 spiro atoms. The molecule has 2 aliphatic rings. The van der Waals surface area contributed by atoms with Gasteiger partial charge in [-0.15, -0.1) is 0 Å². The number of nitrogens with one attached hydrogen (secondary N) is 2. The largest absolute Gasteiger partial charge is 0.254 e. The molecular formula is C7H16N4. The number of hydrazine groups is 2. The predicted octanol–water partition coefficient (Wildman–Crippen LogP) is -0.635. The summed E-state index contributed by atoms with van der Waals surface area (Å²) in [6, 6.07) is 0. The van der Waals surface area contributed by atoms with Gasteiger partial charge in [0, 0.05) is 26.2 Å². The van der Waals surface area contributed by atoms with Crippen LogP contribution < -0.4 is 10.9 Å². The van der Waals surface area contributed by atoms with Crippen LogP contribution >= 0.6 is 0 Å². The Kier molecular flexibility index (Phi) is 2.38. The zero-order valence-corrected chi connectivity index (χ0v) is 6.84. The molecule has 0 unspecified atom stereocenters. The van der Waals surface area contributed by atoms with Gasteiger partial charge in [0.1, 0.15) is 0 Å². The fourth-order valence-corrected chi connectivity index (χ4v) is 1.62. The maximum atomic E-state index is 3.34. The van der Waals surface area contributed by atoms with Gasteiger partial charge >= 0.3 is 0 Å². The van der Waals surface area contributed by atoms with E-state index in [1.54, 1.807) is 0 Å². The average molecular weight is 156 g/mol. The fourth-order valence-electron chi connectivity index (χ4n) is 1.62. The van der Waals surface area contributed by atoms with Crippen molar-refractivity contribution < 1.29 is 0 Å². The Hall–Kier alpha value is -0.160. The number of hydrogen-bond donors (Lipinski definition) is 2. The second-order valence-electron chi connectivity index (χ2n) is 3.19. The molecule has 2 heterocycles. The molecule has 0 aromatic carbocycles. The van der Waals surface area contributed by atoms with E-state index in [2.05, 4.69) is 20.9 Å². The highest BCUT2D eigenvalue weighted by atomic mass is 15.6. The van der Waals surface area contributed by atoms with E-state index in [0.29, 0.717) is 0 Å². The van der Waals surface area contributed by atoms with Crippen LogP contribution in [0.4, 0.5) is 0 Å². The van der Waals surface area contributed by atoms with Gasteiger partial charge in [-0.25, -0.2) is 10.0 Å². The Morgan fingerprint density at radius 3 is 1.82 bits per heavy atom. The van der Waals surface area contributed by atoms with Gasteiger partial charge in [-0.05, 0) is 12.8 Å². The SMILES string of the molecule is C1CNN(CN2CCCN2)C1. The third-order valence-electron chi connectivity index (χ3n) is 2.22. The van der Waals surface area contributed by atoms with Crippen molar-refractivity contribution in [1.82, 2.24) is 20.9 Å². The van der Waals surface area contributed by atoms with Crippen molar-refractivity contribution in [3.05, 3.63) is 0 Å². The summed E-state index contributed by atoms with van der Waals surface area (Å²) in [6.45, 7) is 5.71. The molecule has 4 heteroatoms. The maximum absolute atomic E-state index is 3.34. The van der Waals surface area contributed by atoms with Crippen LogP contribution in [0, 0.1) is 0 Å². The van der Waals surface area contributed by atoms with Crippen molar-refractivity contribution in [2.45, 2.75) is 12.8 Å². The van der Waals surface area contributed by atoms with Crippen molar-refractivity contribution >= 4 is 0 Å². The molecule has 0 amide bonds. The van der Waals surface area contributed by atoms with Gasteiger partial charge in [0.05, 0.1) is 6.67 Å². The molecule has 0 aliphatic carbocycles. The summed E-state index contributed by atoms with van der Waals surface area (Å²) >= 11 is 0. The number of rotatable bonds is 2. The van der Waals surface area contributed by atoms with Crippen LogP contribution in [0.25, 0.3) is 0 Å². The molecule has 2 aliphatic heterocycles. The van der Waals surface area contributed by atoms with Gasteiger partial charge in [0.2, 0.25) is 0 Å². The summed E-state index contributed by atoms with van der Waals surface area (Å²) < 4.78 is 0. The Labute approximate surface area is 67.5 Å². The van der Waals surface area contributed by atoms with E-state index in [4.69, 9.17) is 0 Å². The van der Waals surface area contributed by atoms with Crippen LogP contribution in [0.2, 0.25) is 0 Å². The molecule has 4 nitrogen and oxygen atoms in total. The number of nitrogens with zero attached hydrogens (tertiary/aromatic N) is 2. The highest BCUT2D eigenvalue weighted by molar-refractivity contribution is 4.65. The lowest BCUT2D eigenvalue weighted by Crippen LogP contribution is -2.44. The van der Waals surface area contributed by atoms with Crippen LogP contribution in [-0.2, 0) is 0 Å². The van der Waals surface area contributed by atoms with Crippen LogP contribution in [0.15, 0.2) is 0 Å². The molecule has 11 heavy (non-hydrogen) atoms. The highest BCUT2D eigenvalue weighted by Gasteiger charge is 2.16. The van der Waals surface area contributed by atoms with Gasteiger partial charge in [0.25, 0.3) is 0 Å². The lowest BCUT2D eigenvalue weighted by molar-refractivity contribution is 0.103. The quantitative estimate of drug-likeness (QED) is 0.557. The van der Waals surface area contributed by atoms with E-state index < -0.39 is 0 Å². The van der Waals surface area contributed by atoms with Crippen molar-refractivity contribution in [3.8, 4) is 0 Å². The monoisotopic (exact) mass is 156 g/mol. The maximum Gasteiger partial charge on any atom is 0.0781 e. The smallest absolute Gasteiger partial charge is 0.0781 e. The molecule has 64 valence electrons. The summed E-state index contributed by atoms with van der Waals surface area (Å²) in [6.07, 6.45) is 2.57. The minimum atomic E-state index is 1.03. The highest BCUT2D eigenvalue weighted by Crippen LogP contribution is 2.00.